The van der Waals surface area contributed by atoms with Gasteiger partial charge in [0, 0.05) is 5.92 Å². The van der Waals surface area contributed by atoms with Crippen LogP contribution in [0.2, 0.25) is 0 Å². The van der Waals surface area contributed by atoms with Gasteiger partial charge in [-0.3, -0.25) is 9.59 Å². The molecule has 2 N–H and O–H groups in total. The third-order valence-electron chi connectivity index (χ3n) is 2.84. The van der Waals surface area contributed by atoms with Crippen molar-refractivity contribution in [3.63, 3.8) is 0 Å². The summed E-state index contributed by atoms with van der Waals surface area (Å²) in [6, 6.07) is 7.12. The predicted octanol–water partition coefficient (Wildman–Crippen LogP) is 1.76. The van der Waals surface area contributed by atoms with Crippen molar-refractivity contribution in [1.82, 2.24) is 5.32 Å². The third kappa shape index (κ3) is 4.20. The summed E-state index contributed by atoms with van der Waals surface area (Å²) in [6.07, 6.45) is 0.610. The van der Waals surface area contributed by atoms with Crippen LogP contribution in [0.3, 0.4) is 0 Å². The molecule has 0 bridgehead atoms. The number of hydrogen-bond acceptors (Lipinski definition) is 2. The molecule has 18 heavy (non-hydrogen) atoms. The minimum atomic E-state index is -1.02. The molecule has 2 atom stereocenters. The fraction of sp³-hybridized carbons (Fsp3) is 0.429. The first-order valence-corrected chi connectivity index (χ1v) is 5.99. The first-order chi connectivity index (χ1) is 8.40. The average molecular weight is 249 g/mol. The van der Waals surface area contributed by atoms with Gasteiger partial charge in [0.2, 0.25) is 5.91 Å². The number of rotatable bonds is 5. The first-order valence-electron chi connectivity index (χ1n) is 5.99. The summed E-state index contributed by atoms with van der Waals surface area (Å²) in [5.74, 6) is -1.49. The van der Waals surface area contributed by atoms with E-state index in [1.165, 1.54) is 12.5 Å². The molecule has 0 aliphatic heterocycles. The van der Waals surface area contributed by atoms with Crippen LogP contribution >= 0.6 is 0 Å². The van der Waals surface area contributed by atoms with E-state index in [9.17, 15) is 9.59 Å². The zero-order chi connectivity index (χ0) is 13.7. The number of benzene rings is 1. The van der Waals surface area contributed by atoms with Crippen molar-refractivity contribution in [2.45, 2.75) is 33.2 Å². The van der Waals surface area contributed by atoms with Crippen molar-refractivity contribution in [2.75, 3.05) is 0 Å². The highest BCUT2D eigenvalue weighted by molar-refractivity contribution is 5.84. The largest absolute Gasteiger partial charge is 0.480 e. The van der Waals surface area contributed by atoms with Crippen LogP contribution in [0.5, 0.6) is 0 Å². The molecule has 0 aliphatic rings. The van der Waals surface area contributed by atoms with E-state index in [0.29, 0.717) is 6.42 Å². The van der Waals surface area contributed by atoms with Crippen LogP contribution in [0.1, 0.15) is 25.0 Å². The Kier molecular flexibility index (Phi) is 4.89. The Morgan fingerprint density at radius 3 is 2.28 bits per heavy atom. The zero-order valence-electron chi connectivity index (χ0n) is 10.9. The molecular weight excluding hydrogens is 230 g/mol. The highest BCUT2D eigenvalue weighted by Gasteiger charge is 2.19. The lowest BCUT2D eigenvalue weighted by Gasteiger charge is -2.14. The second-order valence-corrected chi connectivity index (χ2v) is 4.66. The lowest BCUT2D eigenvalue weighted by atomic mass is 9.99. The number of hydrogen-bond donors (Lipinski definition) is 2. The van der Waals surface area contributed by atoms with E-state index in [1.54, 1.807) is 6.92 Å². The molecule has 4 nitrogen and oxygen atoms in total. The summed E-state index contributed by atoms with van der Waals surface area (Å²) in [5, 5.41) is 11.2. The van der Waals surface area contributed by atoms with Gasteiger partial charge >= 0.3 is 5.97 Å². The van der Waals surface area contributed by atoms with Gasteiger partial charge in [0.05, 0.1) is 0 Å². The summed E-state index contributed by atoms with van der Waals surface area (Å²) in [5.41, 5.74) is 2.25. The molecule has 0 aliphatic carbocycles. The number of aliphatic carboxylic acids is 1. The van der Waals surface area contributed by atoms with Crippen molar-refractivity contribution in [1.29, 1.82) is 0 Å². The molecule has 1 aromatic rings. The molecule has 0 aromatic heterocycles. The molecule has 0 fully saturated rings. The van der Waals surface area contributed by atoms with Gasteiger partial charge in [-0.25, -0.2) is 0 Å². The van der Waals surface area contributed by atoms with Crippen LogP contribution in [0.4, 0.5) is 0 Å². The zero-order valence-corrected chi connectivity index (χ0v) is 10.9. The summed E-state index contributed by atoms with van der Waals surface area (Å²) in [7, 11) is 0. The van der Waals surface area contributed by atoms with Gasteiger partial charge in [0.15, 0.2) is 0 Å². The van der Waals surface area contributed by atoms with Crippen LogP contribution in [0, 0.1) is 12.8 Å². The van der Waals surface area contributed by atoms with Gasteiger partial charge in [-0.2, -0.15) is 0 Å². The lowest BCUT2D eigenvalue weighted by molar-refractivity contribution is -0.141. The summed E-state index contributed by atoms with van der Waals surface area (Å²) >= 11 is 0. The topological polar surface area (TPSA) is 66.4 Å². The molecule has 2 unspecified atom stereocenters. The smallest absolute Gasteiger partial charge is 0.325 e. The maximum absolute atomic E-state index is 11.8. The maximum Gasteiger partial charge on any atom is 0.325 e. The fourth-order valence-electron chi connectivity index (χ4n) is 1.59. The second kappa shape index (κ2) is 6.19. The molecule has 1 amide bonds. The molecule has 1 aromatic carbocycles. The SMILES string of the molecule is Cc1ccc(CC(C)C(=O)NC(C)C(=O)O)cc1. The van der Waals surface area contributed by atoms with Gasteiger partial charge in [0.1, 0.15) is 6.04 Å². The number of carboxylic acid groups (broad SMARTS) is 1. The van der Waals surface area contributed by atoms with Crippen LogP contribution in [-0.4, -0.2) is 23.0 Å². The van der Waals surface area contributed by atoms with Crippen LogP contribution in [0.25, 0.3) is 0 Å². The van der Waals surface area contributed by atoms with Crippen molar-refractivity contribution in [3.8, 4) is 0 Å². The summed E-state index contributed by atoms with van der Waals surface area (Å²) in [4.78, 5) is 22.4. The van der Waals surface area contributed by atoms with E-state index in [2.05, 4.69) is 5.32 Å². The Labute approximate surface area is 107 Å². The number of carbonyl (C=O) groups is 2. The molecule has 4 heteroatoms. The first kappa shape index (κ1) is 14.2. The van der Waals surface area contributed by atoms with E-state index >= 15 is 0 Å². The Morgan fingerprint density at radius 2 is 1.78 bits per heavy atom. The normalized spacial score (nSPS) is 13.7. The minimum absolute atomic E-state index is 0.231. The van der Waals surface area contributed by atoms with Crippen molar-refractivity contribution in [3.05, 3.63) is 35.4 Å². The van der Waals surface area contributed by atoms with E-state index in [1.807, 2.05) is 31.2 Å². The molecule has 0 spiro atoms. The fourth-order valence-corrected chi connectivity index (χ4v) is 1.59. The monoisotopic (exact) mass is 249 g/mol. The quantitative estimate of drug-likeness (QED) is 0.835. The molecule has 1 rings (SSSR count). The Hall–Kier alpha value is -1.84. The summed E-state index contributed by atoms with van der Waals surface area (Å²) in [6.45, 7) is 5.26. The van der Waals surface area contributed by atoms with Crippen LogP contribution < -0.4 is 5.32 Å². The van der Waals surface area contributed by atoms with Crippen molar-refractivity contribution >= 4 is 11.9 Å². The average Bonchev–Trinajstić information content (AvgIpc) is 2.31. The summed E-state index contributed by atoms with van der Waals surface area (Å²) < 4.78 is 0. The number of carbonyl (C=O) groups excluding carboxylic acids is 1. The van der Waals surface area contributed by atoms with E-state index in [-0.39, 0.29) is 11.8 Å². The highest BCUT2D eigenvalue weighted by atomic mass is 16.4. The number of carboxylic acids is 1. The Morgan fingerprint density at radius 1 is 1.22 bits per heavy atom. The van der Waals surface area contributed by atoms with E-state index < -0.39 is 12.0 Å². The minimum Gasteiger partial charge on any atom is -0.480 e. The predicted molar refractivity (Wildman–Crippen MR) is 69.3 cm³/mol. The Balaban J connectivity index is 2.54. The molecule has 0 saturated heterocycles. The van der Waals surface area contributed by atoms with E-state index in [0.717, 1.165) is 5.56 Å². The van der Waals surface area contributed by atoms with Gasteiger partial charge in [-0.05, 0) is 25.8 Å². The molecule has 0 heterocycles. The standard InChI is InChI=1S/C14H19NO3/c1-9-4-6-12(7-5-9)8-10(2)13(16)15-11(3)14(17)18/h4-7,10-11H,8H2,1-3H3,(H,15,16)(H,17,18). The molecule has 98 valence electrons. The van der Waals surface area contributed by atoms with Crippen molar-refractivity contribution < 1.29 is 14.7 Å². The van der Waals surface area contributed by atoms with Gasteiger partial charge in [-0.1, -0.05) is 36.8 Å². The van der Waals surface area contributed by atoms with E-state index in [4.69, 9.17) is 5.11 Å². The third-order valence-corrected chi connectivity index (χ3v) is 2.84. The second-order valence-electron chi connectivity index (χ2n) is 4.66. The number of aryl methyl sites for hydroxylation is 1. The Bertz CT molecular complexity index is 425. The number of nitrogens with one attached hydrogen (secondary N) is 1. The van der Waals surface area contributed by atoms with Gasteiger partial charge < -0.3 is 10.4 Å². The highest BCUT2D eigenvalue weighted by Crippen LogP contribution is 2.10. The lowest BCUT2D eigenvalue weighted by Crippen LogP contribution is -2.41. The number of amides is 1. The molecule has 0 saturated carbocycles. The maximum atomic E-state index is 11.8. The van der Waals surface area contributed by atoms with Crippen LogP contribution in [-0.2, 0) is 16.0 Å². The van der Waals surface area contributed by atoms with Crippen molar-refractivity contribution in [2.24, 2.45) is 5.92 Å². The van der Waals surface area contributed by atoms with Gasteiger partial charge in [-0.15, -0.1) is 0 Å². The van der Waals surface area contributed by atoms with Crippen LogP contribution in [0.15, 0.2) is 24.3 Å². The molecule has 0 radical (unpaired) electrons. The molecular formula is C14H19NO3. The van der Waals surface area contributed by atoms with Gasteiger partial charge in [0.25, 0.3) is 0 Å².